The molecule has 2 aliphatic rings. The van der Waals surface area contributed by atoms with Crippen LogP contribution in [-0.2, 0) is 0 Å². The van der Waals surface area contributed by atoms with Gasteiger partial charge in [-0.2, -0.15) is 0 Å². The Morgan fingerprint density at radius 3 is 2.52 bits per heavy atom. The number of hydrogen-bond acceptors (Lipinski definition) is 3. The molecule has 3 amide bonds. The average Bonchev–Trinajstić information content (AvgIpc) is 3.52. The molecule has 0 radical (unpaired) electrons. The van der Waals surface area contributed by atoms with Gasteiger partial charge in [-0.05, 0) is 56.0 Å². The van der Waals surface area contributed by atoms with Gasteiger partial charge in [-0.3, -0.25) is 10.1 Å². The highest BCUT2D eigenvalue weighted by molar-refractivity contribution is 6.05. The Balaban J connectivity index is 1.37. The second-order valence-electron chi connectivity index (χ2n) is 8.49. The fraction of sp³-hybridized carbons (Fsp3) is 0.375. The third-order valence-corrected chi connectivity index (χ3v) is 6.06. The summed E-state index contributed by atoms with van der Waals surface area (Å²) in [4.78, 5) is 29.8. The molecule has 1 heterocycles. The van der Waals surface area contributed by atoms with E-state index in [1.54, 1.807) is 24.3 Å². The maximum atomic E-state index is 13.1. The number of carbonyl (C=O) groups excluding carboxylic acids is 2. The second-order valence-corrected chi connectivity index (χ2v) is 8.49. The minimum absolute atomic E-state index is 0.237. The molecule has 2 fully saturated rings. The van der Waals surface area contributed by atoms with Crippen LogP contribution in [0.5, 0.6) is 0 Å². The molecule has 2 aliphatic carbocycles. The van der Waals surface area contributed by atoms with Gasteiger partial charge in [0.15, 0.2) is 0 Å². The number of imidazole rings is 1. The van der Waals surface area contributed by atoms with Gasteiger partial charge in [0.2, 0.25) is 5.95 Å². The van der Waals surface area contributed by atoms with E-state index < -0.39 is 0 Å². The summed E-state index contributed by atoms with van der Waals surface area (Å²) in [5, 5.41) is 8.71. The van der Waals surface area contributed by atoms with Crippen LogP contribution >= 0.6 is 0 Å². The molecule has 0 bridgehead atoms. The van der Waals surface area contributed by atoms with Crippen LogP contribution in [0.25, 0.3) is 11.0 Å². The molecule has 3 aromatic rings. The van der Waals surface area contributed by atoms with E-state index in [2.05, 4.69) is 26.6 Å². The first-order chi connectivity index (χ1) is 15.2. The van der Waals surface area contributed by atoms with Crippen molar-refractivity contribution in [3.05, 3.63) is 54.1 Å². The molecular weight excluding hydrogens is 390 g/mol. The van der Waals surface area contributed by atoms with Crippen LogP contribution in [0.1, 0.15) is 61.3 Å². The number of carbonyl (C=O) groups is 2. The van der Waals surface area contributed by atoms with E-state index in [1.807, 2.05) is 18.2 Å². The molecule has 7 nitrogen and oxygen atoms in total. The van der Waals surface area contributed by atoms with Crippen LogP contribution in [0, 0.1) is 0 Å². The van der Waals surface area contributed by atoms with Crippen molar-refractivity contribution in [3.63, 3.8) is 0 Å². The highest BCUT2D eigenvalue weighted by Crippen LogP contribution is 2.34. The molecule has 7 heteroatoms. The summed E-state index contributed by atoms with van der Waals surface area (Å²) in [6.07, 6.45) is 7.90. The van der Waals surface area contributed by atoms with Gasteiger partial charge in [0.05, 0.1) is 11.0 Å². The van der Waals surface area contributed by atoms with Crippen LogP contribution in [0.3, 0.4) is 0 Å². The maximum absolute atomic E-state index is 13.1. The van der Waals surface area contributed by atoms with Gasteiger partial charge < -0.3 is 15.2 Å². The number of anilines is 2. The van der Waals surface area contributed by atoms with Crippen LogP contribution in [0.2, 0.25) is 0 Å². The van der Waals surface area contributed by atoms with Crippen LogP contribution in [0.4, 0.5) is 16.4 Å². The predicted molar refractivity (Wildman–Crippen MR) is 121 cm³/mol. The third-order valence-electron chi connectivity index (χ3n) is 6.06. The summed E-state index contributed by atoms with van der Waals surface area (Å²) in [6.45, 7) is 0. The Morgan fingerprint density at radius 2 is 1.71 bits per heavy atom. The summed E-state index contributed by atoms with van der Waals surface area (Å²) in [6, 6.07) is 15.4. The van der Waals surface area contributed by atoms with Gasteiger partial charge in [0.25, 0.3) is 5.91 Å². The van der Waals surface area contributed by atoms with Gasteiger partial charge >= 0.3 is 6.03 Å². The van der Waals surface area contributed by atoms with E-state index in [-0.39, 0.29) is 18.0 Å². The lowest BCUT2D eigenvalue weighted by molar-refractivity contribution is 0.102. The molecule has 0 atom stereocenters. The molecule has 2 saturated carbocycles. The van der Waals surface area contributed by atoms with Crippen molar-refractivity contribution in [3.8, 4) is 0 Å². The fourth-order valence-electron chi connectivity index (χ4n) is 4.33. The van der Waals surface area contributed by atoms with Crippen molar-refractivity contribution in [1.82, 2.24) is 14.9 Å². The lowest BCUT2D eigenvalue weighted by atomic mass is 9.95. The summed E-state index contributed by atoms with van der Waals surface area (Å²) >= 11 is 0. The number of urea groups is 1. The van der Waals surface area contributed by atoms with Crippen LogP contribution in [0.15, 0.2) is 48.5 Å². The first-order valence-corrected chi connectivity index (χ1v) is 11.1. The number of nitrogens with one attached hydrogen (secondary N) is 3. The van der Waals surface area contributed by atoms with E-state index in [0.717, 1.165) is 36.7 Å². The maximum Gasteiger partial charge on any atom is 0.319 e. The summed E-state index contributed by atoms with van der Waals surface area (Å²) < 4.78 is 2.19. The number of amides is 3. The van der Waals surface area contributed by atoms with Crippen molar-refractivity contribution in [2.24, 2.45) is 0 Å². The Hall–Kier alpha value is -3.35. The zero-order valence-corrected chi connectivity index (χ0v) is 17.4. The lowest BCUT2D eigenvalue weighted by Crippen LogP contribution is -2.30. The molecule has 1 aromatic heterocycles. The molecule has 160 valence electrons. The zero-order chi connectivity index (χ0) is 21.2. The molecule has 5 rings (SSSR count). The molecule has 0 saturated heterocycles. The first-order valence-electron chi connectivity index (χ1n) is 11.1. The highest BCUT2D eigenvalue weighted by atomic mass is 16.2. The van der Waals surface area contributed by atoms with Gasteiger partial charge in [-0.15, -0.1) is 0 Å². The number of hydrogen-bond donors (Lipinski definition) is 3. The normalized spacial score (nSPS) is 16.8. The summed E-state index contributed by atoms with van der Waals surface area (Å²) in [5.41, 5.74) is 3.01. The monoisotopic (exact) mass is 417 g/mol. The van der Waals surface area contributed by atoms with Crippen molar-refractivity contribution in [2.45, 2.75) is 57.0 Å². The Kier molecular flexibility index (Phi) is 5.32. The smallest absolute Gasteiger partial charge is 0.319 e. The molecule has 0 unspecified atom stereocenters. The average molecular weight is 418 g/mol. The van der Waals surface area contributed by atoms with Crippen LogP contribution < -0.4 is 16.0 Å². The molecule has 2 aromatic carbocycles. The van der Waals surface area contributed by atoms with Gasteiger partial charge in [-0.25, -0.2) is 9.78 Å². The van der Waals surface area contributed by atoms with Gasteiger partial charge in [0.1, 0.15) is 0 Å². The lowest BCUT2D eigenvalue weighted by Gasteiger charge is -2.25. The minimum Gasteiger partial charge on any atom is -0.335 e. The summed E-state index contributed by atoms with van der Waals surface area (Å²) in [7, 11) is 0. The van der Waals surface area contributed by atoms with E-state index >= 15 is 0 Å². The van der Waals surface area contributed by atoms with E-state index in [4.69, 9.17) is 4.98 Å². The number of benzene rings is 2. The predicted octanol–water partition coefficient (Wildman–Crippen LogP) is 5.08. The van der Waals surface area contributed by atoms with Crippen molar-refractivity contribution < 1.29 is 9.59 Å². The molecule has 0 spiro atoms. The number of rotatable bonds is 5. The zero-order valence-electron chi connectivity index (χ0n) is 17.4. The number of aromatic nitrogens is 2. The number of fused-ring (bicyclic) bond motifs is 1. The van der Waals surface area contributed by atoms with Crippen molar-refractivity contribution in [1.29, 1.82) is 0 Å². The Bertz CT molecular complexity index is 1110. The molecular formula is C24H27N5O2. The van der Waals surface area contributed by atoms with E-state index in [9.17, 15) is 9.59 Å². The molecule has 3 N–H and O–H groups in total. The largest absolute Gasteiger partial charge is 0.335 e. The second kappa shape index (κ2) is 8.41. The quantitative estimate of drug-likeness (QED) is 0.541. The standard InChI is InChI=1S/C24H27N5O2/c30-22(16-7-6-8-18(15-16)26-24(31)25-17-13-14-17)28-23-27-20-11-4-5-12-21(20)29(23)19-9-2-1-3-10-19/h4-8,11-12,15,17,19H,1-3,9-10,13-14H2,(H2,25,26,31)(H,27,28,30). The number of para-hydroxylation sites is 2. The van der Waals surface area contributed by atoms with Gasteiger partial charge in [-0.1, -0.05) is 37.5 Å². The highest BCUT2D eigenvalue weighted by Gasteiger charge is 2.24. The first kappa shape index (κ1) is 19.6. The third kappa shape index (κ3) is 4.40. The molecule has 31 heavy (non-hydrogen) atoms. The fourth-order valence-corrected chi connectivity index (χ4v) is 4.33. The SMILES string of the molecule is O=C(Nc1cccc(C(=O)Nc2nc3ccccc3n2C2CCCCC2)c1)NC1CC1. The number of nitrogens with zero attached hydrogens (tertiary/aromatic N) is 2. The van der Waals surface area contributed by atoms with Crippen molar-refractivity contribution in [2.75, 3.05) is 10.6 Å². The van der Waals surface area contributed by atoms with Crippen molar-refractivity contribution >= 4 is 34.6 Å². The van der Waals surface area contributed by atoms with E-state index in [0.29, 0.717) is 23.2 Å². The molecule has 0 aliphatic heterocycles. The van der Waals surface area contributed by atoms with Crippen LogP contribution in [-0.4, -0.2) is 27.5 Å². The van der Waals surface area contributed by atoms with Gasteiger partial charge in [0, 0.05) is 23.3 Å². The minimum atomic E-state index is -0.237. The van der Waals surface area contributed by atoms with E-state index in [1.165, 1.54) is 19.3 Å². The summed E-state index contributed by atoms with van der Waals surface area (Å²) in [5.74, 6) is 0.349. The Morgan fingerprint density at radius 1 is 0.903 bits per heavy atom. The topological polar surface area (TPSA) is 88.1 Å². The Labute approximate surface area is 181 Å².